The van der Waals surface area contributed by atoms with Crippen LogP contribution in [-0.2, 0) is 0 Å². The Labute approximate surface area is 127 Å². The molecule has 2 aromatic rings. The second-order valence-corrected chi connectivity index (χ2v) is 5.60. The second kappa shape index (κ2) is 6.77. The van der Waals surface area contributed by atoms with Crippen LogP contribution in [0.4, 0.5) is 0 Å². The van der Waals surface area contributed by atoms with Gasteiger partial charge < -0.3 is 9.84 Å². The first-order valence-corrected chi connectivity index (χ1v) is 7.52. The molecule has 0 aliphatic carbocycles. The molecule has 112 valence electrons. The number of rotatable bonds is 5. The molecule has 0 radical (unpaired) electrons. The molecule has 2 aromatic carbocycles. The van der Waals surface area contributed by atoms with Crippen LogP contribution in [0.3, 0.4) is 0 Å². The second-order valence-electron chi connectivity index (χ2n) is 5.60. The van der Waals surface area contributed by atoms with Crippen LogP contribution in [0.25, 0.3) is 0 Å². The predicted octanol–water partition coefficient (Wildman–Crippen LogP) is 4.48. The molecule has 0 aromatic heterocycles. The van der Waals surface area contributed by atoms with E-state index in [1.165, 1.54) is 5.56 Å². The van der Waals surface area contributed by atoms with Gasteiger partial charge in [-0.25, -0.2) is 0 Å². The van der Waals surface area contributed by atoms with E-state index in [1.807, 2.05) is 38.1 Å². The molecular formula is C19H24O2. The van der Waals surface area contributed by atoms with Gasteiger partial charge in [0.05, 0.1) is 6.61 Å². The van der Waals surface area contributed by atoms with Crippen LogP contribution in [-0.4, -0.2) is 11.7 Å². The number of ether oxygens (including phenoxy) is 1. The van der Waals surface area contributed by atoms with Gasteiger partial charge in [0.25, 0.3) is 0 Å². The maximum Gasteiger partial charge on any atom is 0.125 e. The van der Waals surface area contributed by atoms with Crippen LogP contribution >= 0.6 is 0 Å². The monoisotopic (exact) mass is 284 g/mol. The molecule has 0 heterocycles. The molecule has 1 unspecified atom stereocenters. The minimum atomic E-state index is -0.654. The van der Waals surface area contributed by atoms with E-state index in [9.17, 15) is 5.11 Å². The summed E-state index contributed by atoms with van der Waals surface area (Å²) in [6.45, 7) is 8.92. The minimum Gasteiger partial charge on any atom is -0.493 e. The third kappa shape index (κ3) is 3.45. The van der Waals surface area contributed by atoms with Gasteiger partial charge in [-0.3, -0.25) is 0 Å². The maximum atomic E-state index is 10.8. The Hall–Kier alpha value is -1.80. The molecular weight excluding hydrogens is 260 g/mol. The van der Waals surface area contributed by atoms with Crippen LogP contribution < -0.4 is 4.74 Å². The molecule has 2 rings (SSSR count). The van der Waals surface area contributed by atoms with Crippen molar-refractivity contribution < 1.29 is 9.84 Å². The average molecular weight is 284 g/mol. The van der Waals surface area contributed by atoms with E-state index < -0.39 is 6.10 Å². The molecule has 0 fully saturated rings. The summed E-state index contributed by atoms with van der Waals surface area (Å²) in [4.78, 5) is 0. The number of aliphatic hydroxyl groups is 1. The largest absolute Gasteiger partial charge is 0.493 e. The van der Waals surface area contributed by atoms with E-state index in [4.69, 9.17) is 4.74 Å². The summed E-state index contributed by atoms with van der Waals surface area (Å²) in [6, 6.07) is 12.0. The first kappa shape index (κ1) is 15.6. The lowest BCUT2D eigenvalue weighted by Gasteiger charge is -2.20. The fourth-order valence-corrected chi connectivity index (χ4v) is 2.83. The Balaban J connectivity index is 2.43. The lowest BCUT2D eigenvalue weighted by Crippen LogP contribution is -2.08. The fourth-order valence-electron chi connectivity index (χ4n) is 2.83. The Kier molecular flexibility index (Phi) is 5.03. The molecule has 0 aliphatic heterocycles. The zero-order valence-electron chi connectivity index (χ0n) is 13.3. The van der Waals surface area contributed by atoms with Crippen molar-refractivity contribution in [2.45, 2.75) is 40.2 Å². The molecule has 0 aliphatic rings. The van der Waals surface area contributed by atoms with Crippen LogP contribution in [0.2, 0.25) is 0 Å². The van der Waals surface area contributed by atoms with E-state index >= 15 is 0 Å². The van der Waals surface area contributed by atoms with E-state index in [0.717, 1.165) is 34.4 Å². The fraction of sp³-hybridized carbons (Fsp3) is 0.368. The van der Waals surface area contributed by atoms with Crippen molar-refractivity contribution in [3.63, 3.8) is 0 Å². The van der Waals surface area contributed by atoms with Crippen LogP contribution in [0.1, 0.15) is 47.3 Å². The predicted molar refractivity (Wildman–Crippen MR) is 86.9 cm³/mol. The third-order valence-electron chi connectivity index (χ3n) is 3.69. The maximum absolute atomic E-state index is 10.8. The number of aryl methyl sites for hydroxylation is 3. The number of hydrogen-bond acceptors (Lipinski definition) is 2. The van der Waals surface area contributed by atoms with E-state index in [-0.39, 0.29) is 0 Å². The highest BCUT2D eigenvalue weighted by atomic mass is 16.5. The van der Waals surface area contributed by atoms with Gasteiger partial charge in [-0.05, 0) is 49.9 Å². The zero-order valence-corrected chi connectivity index (χ0v) is 13.3. The minimum absolute atomic E-state index is 0.654. The Morgan fingerprint density at radius 3 is 2.29 bits per heavy atom. The molecule has 2 heteroatoms. The normalized spacial score (nSPS) is 12.2. The van der Waals surface area contributed by atoms with Gasteiger partial charge in [-0.15, -0.1) is 0 Å². The Bertz CT molecular complexity index is 594. The van der Waals surface area contributed by atoms with Crippen molar-refractivity contribution >= 4 is 0 Å². The van der Waals surface area contributed by atoms with Crippen molar-refractivity contribution in [2.75, 3.05) is 6.61 Å². The van der Waals surface area contributed by atoms with Gasteiger partial charge >= 0.3 is 0 Å². The van der Waals surface area contributed by atoms with E-state index in [2.05, 4.69) is 26.0 Å². The SMILES string of the molecule is CCCOc1ccccc1C(O)c1c(C)cc(C)cc1C. The number of para-hydroxylation sites is 1. The van der Waals surface area contributed by atoms with Crippen molar-refractivity contribution in [3.05, 3.63) is 64.2 Å². The molecule has 0 amide bonds. The smallest absolute Gasteiger partial charge is 0.125 e. The summed E-state index contributed by atoms with van der Waals surface area (Å²) in [5, 5.41) is 10.8. The molecule has 0 saturated heterocycles. The van der Waals surface area contributed by atoms with Crippen molar-refractivity contribution in [1.29, 1.82) is 0 Å². The Morgan fingerprint density at radius 2 is 1.67 bits per heavy atom. The first-order chi connectivity index (χ1) is 10.0. The first-order valence-electron chi connectivity index (χ1n) is 7.52. The summed E-state index contributed by atoms with van der Waals surface area (Å²) in [7, 11) is 0. The quantitative estimate of drug-likeness (QED) is 0.877. The summed E-state index contributed by atoms with van der Waals surface area (Å²) >= 11 is 0. The topological polar surface area (TPSA) is 29.5 Å². The van der Waals surface area contributed by atoms with E-state index in [0.29, 0.717) is 6.61 Å². The molecule has 1 N–H and O–H groups in total. The summed E-state index contributed by atoms with van der Waals surface area (Å²) in [5.74, 6) is 0.770. The number of aliphatic hydroxyl groups excluding tert-OH is 1. The highest BCUT2D eigenvalue weighted by molar-refractivity contribution is 5.46. The molecule has 0 spiro atoms. The summed E-state index contributed by atoms with van der Waals surface area (Å²) in [6.07, 6.45) is 0.297. The van der Waals surface area contributed by atoms with Gasteiger partial charge in [-0.1, -0.05) is 42.8 Å². The van der Waals surface area contributed by atoms with Gasteiger partial charge in [0.15, 0.2) is 0 Å². The molecule has 2 nitrogen and oxygen atoms in total. The number of hydrogen-bond donors (Lipinski definition) is 1. The van der Waals surface area contributed by atoms with Gasteiger partial charge in [0.2, 0.25) is 0 Å². The summed E-state index contributed by atoms with van der Waals surface area (Å²) < 4.78 is 5.77. The zero-order chi connectivity index (χ0) is 15.4. The van der Waals surface area contributed by atoms with Gasteiger partial charge in [0.1, 0.15) is 11.9 Å². The van der Waals surface area contributed by atoms with Crippen LogP contribution in [0.15, 0.2) is 36.4 Å². The van der Waals surface area contributed by atoms with Crippen LogP contribution in [0, 0.1) is 20.8 Å². The standard InChI is InChI=1S/C19H24O2/c1-5-10-21-17-9-7-6-8-16(17)19(20)18-14(3)11-13(2)12-15(18)4/h6-9,11-12,19-20H,5,10H2,1-4H3. The van der Waals surface area contributed by atoms with Gasteiger partial charge in [-0.2, -0.15) is 0 Å². The molecule has 0 saturated carbocycles. The average Bonchev–Trinajstić information content (AvgIpc) is 2.44. The van der Waals surface area contributed by atoms with E-state index in [1.54, 1.807) is 0 Å². The molecule has 0 bridgehead atoms. The Morgan fingerprint density at radius 1 is 1.05 bits per heavy atom. The summed E-state index contributed by atoms with van der Waals surface area (Å²) in [5.41, 5.74) is 5.27. The van der Waals surface area contributed by atoms with Gasteiger partial charge in [0, 0.05) is 5.56 Å². The van der Waals surface area contributed by atoms with Crippen LogP contribution in [0.5, 0.6) is 5.75 Å². The molecule has 21 heavy (non-hydrogen) atoms. The third-order valence-corrected chi connectivity index (χ3v) is 3.69. The lowest BCUT2D eigenvalue weighted by atomic mass is 9.91. The van der Waals surface area contributed by atoms with Crippen molar-refractivity contribution in [2.24, 2.45) is 0 Å². The highest BCUT2D eigenvalue weighted by Gasteiger charge is 2.19. The van der Waals surface area contributed by atoms with Crippen molar-refractivity contribution in [3.8, 4) is 5.75 Å². The molecule has 1 atom stereocenters. The van der Waals surface area contributed by atoms with Crippen molar-refractivity contribution in [1.82, 2.24) is 0 Å². The highest BCUT2D eigenvalue weighted by Crippen LogP contribution is 2.33. The number of benzene rings is 2. The lowest BCUT2D eigenvalue weighted by molar-refractivity contribution is 0.209.